The molecule has 5 nitrogen and oxygen atoms in total. The Kier molecular flexibility index (Phi) is 5.28. The highest BCUT2D eigenvalue weighted by atomic mass is 32.2. The van der Waals surface area contributed by atoms with E-state index in [9.17, 15) is 8.42 Å². The second-order valence-electron chi connectivity index (χ2n) is 4.22. The van der Waals surface area contributed by atoms with Gasteiger partial charge in [-0.1, -0.05) is 6.92 Å². The molecule has 2 heterocycles. The van der Waals surface area contributed by atoms with Gasteiger partial charge in [0.2, 0.25) is 10.0 Å². The molecule has 0 saturated heterocycles. The molecule has 0 amide bonds. The maximum atomic E-state index is 12.3. The molecule has 2 N–H and O–H groups in total. The standard InChI is InChI=1S/C12H17N3O2S3/c1-3-13-6-11-4-12(9(2)19-11)20(16,17)15-5-10-7-18-8-14-10/h4,7-8,13,15H,3,5-6H2,1-2H3. The molecule has 0 fully saturated rings. The fourth-order valence-corrected chi connectivity index (χ4v) is 4.86. The van der Waals surface area contributed by atoms with Gasteiger partial charge in [-0.05, 0) is 19.5 Å². The van der Waals surface area contributed by atoms with Gasteiger partial charge in [0.1, 0.15) is 0 Å². The van der Waals surface area contributed by atoms with Gasteiger partial charge in [-0.25, -0.2) is 18.1 Å². The molecule has 2 aromatic heterocycles. The number of hydrogen-bond donors (Lipinski definition) is 2. The van der Waals surface area contributed by atoms with Crippen molar-refractivity contribution in [1.29, 1.82) is 0 Å². The van der Waals surface area contributed by atoms with Gasteiger partial charge >= 0.3 is 0 Å². The topological polar surface area (TPSA) is 71.1 Å². The SMILES string of the molecule is CCNCc1cc(S(=O)(=O)NCc2cscn2)c(C)s1. The van der Waals surface area contributed by atoms with Crippen LogP contribution in [0.5, 0.6) is 0 Å². The van der Waals surface area contributed by atoms with Gasteiger partial charge in [0.25, 0.3) is 0 Å². The van der Waals surface area contributed by atoms with Gasteiger partial charge in [-0.15, -0.1) is 22.7 Å². The van der Waals surface area contributed by atoms with E-state index in [1.54, 1.807) is 11.6 Å². The smallest absolute Gasteiger partial charge is 0.242 e. The van der Waals surface area contributed by atoms with Crippen LogP contribution in [-0.2, 0) is 23.1 Å². The summed E-state index contributed by atoms with van der Waals surface area (Å²) in [7, 11) is -3.47. The number of sulfonamides is 1. The first-order chi connectivity index (χ1) is 9.53. The first-order valence-electron chi connectivity index (χ1n) is 6.19. The number of thiazole rings is 1. The summed E-state index contributed by atoms with van der Waals surface area (Å²) in [5.41, 5.74) is 2.42. The molecular weight excluding hydrogens is 314 g/mol. The van der Waals surface area contributed by atoms with Crippen LogP contribution in [0.2, 0.25) is 0 Å². The van der Waals surface area contributed by atoms with E-state index in [0.29, 0.717) is 11.4 Å². The quantitative estimate of drug-likeness (QED) is 0.815. The van der Waals surface area contributed by atoms with Gasteiger partial charge in [0, 0.05) is 21.7 Å². The lowest BCUT2D eigenvalue weighted by molar-refractivity contribution is 0.580. The first-order valence-corrected chi connectivity index (χ1v) is 9.44. The molecular formula is C12H17N3O2S3. The van der Waals surface area contributed by atoms with Crippen molar-refractivity contribution in [2.45, 2.75) is 31.8 Å². The van der Waals surface area contributed by atoms with Crippen LogP contribution >= 0.6 is 22.7 Å². The molecule has 0 aliphatic rings. The van der Waals surface area contributed by atoms with Gasteiger partial charge in [0.05, 0.1) is 22.6 Å². The lowest BCUT2D eigenvalue weighted by Gasteiger charge is -2.04. The average molecular weight is 331 g/mol. The van der Waals surface area contributed by atoms with Crippen molar-refractivity contribution in [3.05, 3.63) is 32.4 Å². The van der Waals surface area contributed by atoms with E-state index < -0.39 is 10.0 Å². The summed E-state index contributed by atoms with van der Waals surface area (Å²) >= 11 is 2.96. The van der Waals surface area contributed by atoms with Crippen LogP contribution in [0.4, 0.5) is 0 Å². The molecule has 0 aliphatic carbocycles. The van der Waals surface area contributed by atoms with Gasteiger partial charge < -0.3 is 5.32 Å². The second kappa shape index (κ2) is 6.77. The Hall–Kier alpha value is -0.800. The Bertz CT molecular complexity index is 648. The van der Waals surface area contributed by atoms with Crippen molar-refractivity contribution in [1.82, 2.24) is 15.0 Å². The molecule has 0 radical (unpaired) electrons. The molecule has 110 valence electrons. The molecule has 0 unspecified atom stereocenters. The molecule has 20 heavy (non-hydrogen) atoms. The second-order valence-corrected chi connectivity index (χ2v) is 8.01. The number of aromatic nitrogens is 1. The van der Waals surface area contributed by atoms with E-state index in [4.69, 9.17) is 0 Å². The summed E-state index contributed by atoms with van der Waals surface area (Å²) in [6, 6.07) is 1.74. The summed E-state index contributed by atoms with van der Waals surface area (Å²) in [5.74, 6) is 0. The van der Waals surface area contributed by atoms with Gasteiger partial charge in [-0.3, -0.25) is 0 Å². The Balaban J connectivity index is 2.10. The Morgan fingerprint density at radius 3 is 2.80 bits per heavy atom. The summed E-state index contributed by atoms with van der Waals surface area (Å²) in [4.78, 5) is 6.27. The molecule has 0 saturated carbocycles. The third-order valence-corrected chi connectivity index (χ3v) is 6.03. The van der Waals surface area contributed by atoms with E-state index in [-0.39, 0.29) is 6.54 Å². The number of hydrogen-bond acceptors (Lipinski definition) is 6. The van der Waals surface area contributed by atoms with E-state index in [1.807, 2.05) is 19.2 Å². The maximum Gasteiger partial charge on any atom is 0.242 e. The van der Waals surface area contributed by atoms with Crippen molar-refractivity contribution in [2.75, 3.05) is 6.54 Å². The third-order valence-electron chi connectivity index (χ3n) is 2.69. The molecule has 2 aromatic rings. The Labute approximate surface area is 127 Å². The third kappa shape index (κ3) is 3.86. The highest BCUT2D eigenvalue weighted by Gasteiger charge is 2.19. The average Bonchev–Trinajstić information content (AvgIpc) is 3.03. The van der Waals surface area contributed by atoms with Crippen molar-refractivity contribution < 1.29 is 8.42 Å². The van der Waals surface area contributed by atoms with Gasteiger partial charge in [0.15, 0.2) is 0 Å². The molecule has 8 heteroatoms. The zero-order chi connectivity index (χ0) is 14.6. The van der Waals surface area contributed by atoms with Crippen molar-refractivity contribution in [3.63, 3.8) is 0 Å². The molecule has 0 bridgehead atoms. The number of thiophene rings is 1. The molecule has 0 aliphatic heterocycles. The fraction of sp³-hybridized carbons (Fsp3) is 0.417. The van der Waals surface area contributed by atoms with Crippen molar-refractivity contribution in [3.8, 4) is 0 Å². The Morgan fingerprint density at radius 1 is 1.35 bits per heavy atom. The van der Waals surface area contributed by atoms with Crippen LogP contribution in [-0.4, -0.2) is 19.9 Å². The van der Waals surface area contributed by atoms with Crippen LogP contribution in [0.3, 0.4) is 0 Å². The van der Waals surface area contributed by atoms with Crippen molar-refractivity contribution >= 4 is 32.7 Å². The highest BCUT2D eigenvalue weighted by Crippen LogP contribution is 2.25. The number of nitrogens with zero attached hydrogens (tertiary/aromatic N) is 1. The lowest BCUT2D eigenvalue weighted by atomic mass is 10.4. The predicted octanol–water partition coefficient (Wildman–Crippen LogP) is 2.10. The largest absolute Gasteiger partial charge is 0.312 e. The molecule has 2 rings (SSSR count). The molecule has 0 spiro atoms. The minimum Gasteiger partial charge on any atom is -0.312 e. The summed E-state index contributed by atoms with van der Waals surface area (Å²) < 4.78 is 27.2. The maximum absolute atomic E-state index is 12.3. The Morgan fingerprint density at radius 2 is 2.15 bits per heavy atom. The number of aryl methyl sites for hydroxylation is 1. The van der Waals surface area contributed by atoms with Crippen LogP contribution in [0.15, 0.2) is 21.9 Å². The van der Waals surface area contributed by atoms with E-state index in [1.165, 1.54) is 22.7 Å². The molecule has 0 atom stereocenters. The van der Waals surface area contributed by atoms with Crippen LogP contribution in [0, 0.1) is 6.92 Å². The lowest BCUT2D eigenvalue weighted by Crippen LogP contribution is -2.23. The number of nitrogens with one attached hydrogen (secondary N) is 2. The number of rotatable bonds is 7. The fourth-order valence-electron chi connectivity index (χ4n) is 1.70. The van der Waals surface area contributed by atoms with E-state index in [2.05, 4.69) is 15.0 Å². The van der Waals surface area contributed by atoms with Crippen LogP contribution < -0.4 is 10.0 Å². The zero-order valence-corrected chi connectivity index (χ0v) is 13.8. The summed E-state index contributed by atoms with van der Waals surface area (Å²) in [5, 5.41) is 5.03. The van der Waals surface area contributed by atoms with Gasteiger partial charge in [-0.2, -0.15) is 0 Å². The summed E-state index contributed by atoms with van der Waals surface area (Å²) in [6.07, 6.45) is 0. The molecule has 0 aromatic carbocycles. The van der Waals surface area contributed by atoms with E-state index in [0.717, 1.165) is 22.0 Å². The van der Waals surface area contributed by atoms with Crippen molar-refractivity contribution in [2.24, 2.45) is 0 Å². The van der Waals surface area contributed by atoms with E-state index >= 15 is 0 Å². The first kappa shape index (κ1) is 15.6. The predicted molar refractivity (Wildman–Crippen MR) is 82.6 cm³/mol. The zero-order valence-electron chi connectivity index (χ0n) is 11.3. The minimum absolute atomic E-state index is 0.226. The minimum atomic E-state index is -3.47. The monoisotopic (exact) mass is 331 g/mol. The highest BCUT2D eigenvalue weighted by molar-refractivity contribution is 7.89. The normalized spacial score (nSPS) is 11.9. The van der Waals surface area contributed by atoms with Crippen LogP contribution in [0.1, 0.15) is 22.4 Å². The summed E-state index contributed by atoms with van der Waals surface area (Å²) in [6.45, 7) is 5.64. The van der Waals surface area contributed by atoms with Crippen LogP contribution in [0.25, 0.3) is 0 Å².